The molecule has 3 aromatic rings. The topological polar surface area (TPSA) is 63.1 Å². The van der Waals surface area contributed by atoms with Gasteiger partial charge in [-0.15, -0.1) is 11.3 Å². The van der Waals surface area contributed by atoms with Crippen LogP contribution >= 0.6 is 11.3 Å². The van der Waals surface area contributed by atoms with Crippen molar-refractivity contribution in [1.29, 1.82) is 0 Å². The zero-order valence-electron chi connectivity index (χ0n) is 9.91. The van der Waals surface area contributed by atoms with Crippen LogP contribution in [0.2, 0.25) is 0 Å². The van der Waals surface area contributed by atoms with Gasteiger partial charge in [0.2, 0.25) is 0 Å². The number of benzene rings is 1. The molecule has 0 atom stereocenters. The van der Waals surface area contributed by atoms with E-state index < -0.39 is 5.97 Å². The molecule has 0 radical (unpaired) electrons. The minimum absolute atomic E-state index is 0.0630. The molecule has 0 fully saturated rings. The van der Waals surface area contributed by atoms with E-state index in [1.165, 1.54) is 6.07 Å². The molecular formula is C14H10N2O2S. The van der Waals surface area contributed by atoms with E-state index in [-0.39, 0.29) is 5.69 Å². The summed E-state index contributed by atoms with van der Waals surface area (Å²) in [7, 11) is 0. The number of carbonyl (C=O) groups is 1. The molecule has 0 unspecified atom stereocenters. The van der Waals surface area contributed by atoms with E-state index >= 15 is 0 Å². The monoisotopic (exact) mass is 270 g/mol. The Morgan fingerprint density at radius 2 is 2.05 bits per heavy atom. The molecule has 0 saturated heterocycles. The molecule has 5 heteroatoms. The number of aromatic carboxylic acids is 1. The number of rotatable bonds is 3. The number of fused-ring (bicyclic) bond motifs is 1. The maximum Gasteiger partial charge on any atom is 0.354 e. The third-order valence-corrected chi connectivity index (χ3v) is 3.77. The number of hydrogen-bond donors (Lipinski definition) is 1. The Bertz CT molecular complexity index is 702. The number of thiazole rings is 1. The van der Waals surface area contributed by atoms with Gasteiger partial charge in [-0.25, -0.2) is 14.8 Å². The van der Waals surface area contributed by atoms with E-state index in [4.69, 9.17) is 5.11 Å². The predicted molar refractivity (Wildman–Crippen MR) is 73.6 cm³/mol. The molecule has 1 N–H and O–H groups in total. The van der Waals surface area contributed by atoms with Crippen molar-refractivity contribution in [2.24, 2.45) is 0 Å². The molecular weight excluding hydrogens is 260 g/mol. The van der Waals surface area contributed by atoms with Crippen LogP contribution in [0.4, 0.5) is 0 Å². The van der Waals surface area contributed by atoms with Crippen molar-refractivity contribution in [3.05, 3.63) is 58.9 Å². The summed E-state index contributed by atoms with van der Waals surface area (Å²) in [5.41, 5.74) is 2.02. The Hall–Kier alpha value is -2.27. The molecule has 0 aliphatic rings. The van der Waals surface area contributed by atoms with Crippen molar-refractivity contribution in [3.8, 4) is 0 Å². The van der Waals surface area contributed by atoms with Gasteiger partial charge < -0.3 is 5.11 Å². The van der Waals surface area contributed by atoms with E-state index in [0.717, 1.165) is 20.8 Å². The summed E-state index contributed by atoms with van der Waals surface area (Å²) in [5, 5.41) is 9.79. The van der Waals surface area contributed by atoms with E-state index in [9.17, 15) is 4.79 Å². The smallest absolute Gasteiger partial charge is 0.354 e. The Balaban J connectivity index is 1.86. The van der Waals surface area contributed by atoms with Gasteiger partial charge in [-0.3, -0.25) is 0 Å². The summed E-state index contributed by atoms with van der Waals surface area (Å²) in [6, 6.07) is 11.3. The summed E-state index contributed by atoms with van der Waals surface area (Å²) in [6.45, 7) is 0. The lowest BCUT2D eigenvalue weighted by Crippen LogP contribution is -2.00. The van der Waals surface area contributed by atoms with Crippen molar-refractivity contribution in [3.63, 3.8) is 0 Å². The molecule has 19 heavy (non-hydrogen) atoms. The van der Waals surface area contributed by atoms with Crippen LogP contribution < -0.4 is 0 Å². The second-order valence-electron chi connectivity index (χ2n) is 4.11. The van der Waals surface area contributed by atoms with Crippen molar-refractivity contribution in [2.45, 2.75) is 6.42 Å². The maximum atomic E-state index is 10.7. The van der Waals surface area contributed by atoms with Gasteiger partial charge in [0.25, 0.3) is 0 Å². The zero-order chi connectivity index (χ0) is 13.2. The second-order valence-corrected chi connectivity index (χ2v) is 5.22. The molecule has 1 aromatic carbocycles. The number of aromatic nitrogens is 2. The fourth-order valence-corrected chi connectivity index (χ4v) is 2.83. The number of pyridine rings is 1. The van der Waals surface area contributed by atoms with Gasteiger partial charge in [0.1, 0.15) is 5.69 Å². The second kappa shape index (κ2) is 4.78. The fourth-order valence-electron chi connectivity index (χ4n) is 1.83. The highest BCUT2D eigenvalue weighted by molar-refractivity contribution is 7.18. The van der Waals surface area contributed by atoms with Crippen molar-refractivity contribution >= 4 is 27.5 Å². The van der Waals surface area contributed by atoms with Gasteiger partial charge in [0.15, 0.2) is 0 Å². The van der Waals surface area contributed by atoms with E-state index in [2.05, 4.69) is 9.97 Å². The summed E-state index contributed by atoms with van der Waals surface area (Å²) < 4.78 is 1.16. The number of carboxylic acids is 1. The highest BCUT2D eigenvalue weighted by Gasteiger charge is 2.07. The van der Waals surface area contributed by atoms with Crippen LogP contribution in [0.3, 0.4) is 0 Å². The van der Waals surface area contributed by atoms with E-state index in [1.54, 1.807) is 23.6 Å². The minimum Gasteiger partial charge on any atom is -0.477 e. The standard InChI is InChI=1S/C14H10N2O2S/c17-14(18)11-6-5-9(8-15-11)7-13-16-10-3-1-2-4-12(10)19-13/h1-6,8H,7H2,(H,17,18). The molecule has 0 spiro atoms. The van der Waals surface area contributed by atoms with Crippen LogP contribution in [0, 0.1) is 0 Å². The van der Waals surface area contributed by atoms with Gasteiger partial charge in [0.05, 0.1) is 15.2 Å². The molecule has 4 nitrogen and oxygen atoms in total. The largest absolute Gasteiger partial charge is 0.477 e. The predicted octanol–water partition coefficient (Wildman–Crippen LogP) is 2.98. The molecule has 0 aliphatic carbocycles. The van der Waals surface area contributed by atoms with E-state index in [1.807, 2.05) is 24.3 Å². The van der Waals surface area contributed by atoms with Crippen LogP contribution in [0.1, 0.15) is 21.1 Å². The molecule has 0 saturated carbocycles. The van der Waals surface area contributed by atoms with E-state index in [0.29, 0.717) is 6.42 Å². The zero-order valence-corrected chi connectivity index (χ0v) is 10.7. The quantitative estimate of drug-likeness (QED) is 0.794. The average Bonchev–Trinajstić information content (AvgIpc) is 2.81. The lowest BCUT2D eigenvalue weighted by atomic mass is 10.2. The molecule has 2 aromatic heterocycles. The van der Waals surface area contributed by atoms with Crippen LogP contribution in [0.5, 0.6) is 0 Å². The van der Waals surface area contributed by atoms with Crippen LogP contribution in [0.15, 0.2) is 42.6 Å². The Kier molecular flexibility index (Phi) is 2.97. The van der Waals surface area contributed by atoms with Crippen LogP contribution in [0.25, 0.3) is 10.2 Å². The highest BCUT2D eigenvalue weighted by atomic mass is 32.1. The first-order chi connectivity index (χ1) is 9.22. The third kappa shape index (κ3) is 2.46. The highest BCUT2D eigenvalue weighted by Crippen LogP contribution is 2.23. The lowest BCUT2D eigenvalue weighted by molar-refractivity contribution is 0.0690. The first kappa shape index (κ1) is 11.8. The van der Waals surface area contributed by atoms with Crippen molar-refractivity contribution in [2.75, 3.05) is 0 Å². The van der Waals surface area contributed by atoms with Gasteiger partial charge in [-0.2, -0.15) is 0 Å². The van der Waals surface area contributed by atoms with Crippen LogP contribution in [-0.2, 0) is 6.42 Å². The number of hydrogen-bond acceptors (Lipinski definition) is 4. The van der Waals surface area contributed by atoms with Gasteiger partial charge in [-0.05, 0) is 23.8 Å². The number of nitrogens with zero attached hydrogens (tertiary/aromatic N) is 2. The first-order valence-electron chi connectivity index (χ1n) is 5.75. The average molecular weight is 270 g/mol. The lowest BCUT2D eigenvalue weighted by Gasteiger charge is -1.98. The Labute approximate surface area is 113 Å². The normalized spacial score (nSPS) is 10.7. The molecule has 2 heterocycles. The molecule has 94 valence electrons. The molecule has 0 bridgehead atoms. The van der Waals surface area contributed by atoms with Crippen molar-refractivity contribution in [1.82, 2.24) is 9.97 Å². The summed E-state index contributed by atoms with van der Waals surface area (Å²) in [6.07, 6.45) is 2.27. The van der Waals surface area contributed by atoms with Gasteiger partial charge in [0, 0.05) is 12.6 Å². The Morgan fingerprint density at radius 1 is 1.21 bits per heavy atom. The summed E-state index contributed by atoms with van der Waals surface area (Å²) in [5.74, 6) is -1.01. The molecule has 3 rings (SSSR count). The SMILES string of the molecule is O=C(O)c1ccc(Cc2nc3ccccc3s2)cn1. The molecule has 0 amide bonds. The number of carboxylic acid groups (broad SMARTS) is 1. The molecule has 0 aliphatic heterocycles. The van der Waals surface area contributed by atoms with Crippen molar-refractivity contribution < 1.29 is 9.90 Å². The van der Waals surface area contributed by atoms with Gasteiger partial charge in [-0.1, -0.05) is 18.2 Å². The van der Waals surface area contributed by atoms with Gasteiger partial charge >= 0.3 is 5.97 Å². The first-order valence-corrected chi connectivity index (χ1v) is 6.57. The maximum absolute atomic E-state index is 10.7. The minimum atomic E-state index is -1.01. The summed E-state index contributed by atoms with van der Waals surface area (Å²) in [4.78, 5) is 19.2. The third-order valence-electron chi connectivity index (χ3n) is 2.74. The number of para-hydroxylation sites is 1. The summed E-state index contributed by atoms with van der Waals surface area (Å²) >= 11 is 1.65. The Morgan fingerprint density at radius 3 is 2.74 bits per heavy atom. The van der Waals surface area contributed by atoms with Crippen LogP contribution in [-0.4, -0.2) is 21.0 Å². The fraction of sp³-hybridized carbons (Fsp3) is 0.0714.